The van der Waals surface area contributed by atoms with Gasteiger partial charge in [0.25, 0.3) is 5.91 Å². The van der Waals surface area contributed by atoms with Crippen LogP contribution in [0.3, 0.4) is 0 Å². The van der Waals surface area contributed by atoms with Gasteiger partial charge in [0.2, 0.25) is 0 Å². The van der Waals surface area contributed by atoms with Crippen molar-refractivity contribution in [3.8, 4) is 17.2 Å². The minimum Gasteiger partial charge on any atom is -0.493 e. The average Bonchev–Trinajstić information content (AvgIpc) is 2.64. The topological polar surface area (TPSA) is 56.8 Å². The van der Waals surface area contributed by atoms with Crippen molar-refractivity contribution in [2.45, 2.75) is 26.3 Å². The maximum absolute atomic E-state index is 12.3. The summed E-state index contributed by atoms with van der Waals surface area (Å²) in [4.78, 5) is 12.3. The summed E-state index contributed by atoms with van der Waals surface area (Å²) >= 11 is 0. The predicted octanol–water partition coefficient (Wildman–Crippen LogP) is 3.66. The minimum absolute atomic E-state index is 0.0192. The third-order valence-corrected chi connectivity index (χ3v) is 4.01. The molecule has 0 saturated heterocycles. The second-order valence-corrected chi connectivity index (χ2v) is 5.70. The molecule has 134 valence electrons. The normalized spacial score (nSPS) is 11.5. The largest absolute Gasteiger partial charge is 0.493 e. The van der Waals surface area contributed by atoms with Crippen LogP contribution in [0.15, 0.2) is 42.5 Å². The average molecular weight is 343 g/mol. The van der Waals surface area contributed by atoms with E-state index in [9.17, 15) is 4.79 Å². The second-order valence-electron chi connectivity index (χ2n) is 5.70. The molecule has 1 unspecified atom stereocenters. The number of nitrogens with one attached hydrogen (secondary N) is 1. The van der Waals surface area contributed by atoms with Gasteiger partial charge in [-0.2, -0.15) is 0 Å². The third kappa shape index (κ3) is 4.89. The fourth-order valence-electron chi connectivity index (χ4n) is 2.59. The van der Waals surface area contributed by atoms with E-state index in [1.54, 1.807) is 14.2 Å². The zero-order valence-corrected chi connectivity index (χ0v) is 15.2. The second kappa shape index (κ2) is 8.97. The highest BCUT2D eigenvalue weighted by Crippen LogP contribution is 2.30. The number of ether oxygens (including phenoxy) is 3. The van der Waals surface area contributed by atoms with Crippen LogP contribution in [0.4, 0.5) is 0 Å². The Morgan fingerprint density at radius 2 is 1.76 bits per heavy atom. The molecule has 0 bridgehead atoms. The molecular formula is C20H25NO4. The van der Waals surface area contributed by atoms with E-state index in [1.807, 2.05) is 56.3 Å². The lowest BCUT2D eigenvalue weighted by molar-refractivity contribution is -0.123. The van der Waals surface area contributed by atoms with Gasteiger partial charge in [0.15, 0.2) is 18.1 Å². The predicted molar refractivity (Wildman–Crippen MR) is 97.4 cm³/mol. The van der Waals surface area contributed by atoms with E-state index in [1.165, 1.54) is 0 Å². The Morgan fingerprint density at radius 3 is 2.40 bits per heavy atom. The van der Waals surface area contributed by atoms with Gasteiger partial charge in [-0.05, 0) is 42.7 Å². The third-order valence-electron chi connectivity index (χ3n) is 4.01. The minimum atomic E-state index is -0.162. The molecule has 0 radical (unpaired) electrons. The Bertz CT molecular complexity index is 715. The molecule has 1 N–H and O–H groups in total. The van der Waals surface area contributed by atoms with Crippen LogP contribution >= 0.6 is 0 Å². The van der Waals surface area contributed by atoms with Crippen LogP contribution in [-0.2, 0) is 4.79 Å². The van der Waals surface area contributed by atoms with E-state index >= 15 is 0 Å². The van der Waals surface area contributed by atoms with Gasteiger partial charge in [-0.15, -0.1) is 0 Å². The van der Waals surface area contributed by atoms with Gasteiger partial charge in [-0.3, -0.25) is 4.79 Å². The number of hydrogen-bond donors (Lipinski definition) is 1. The van der Waals surface area contributed by atoms with Crippen LogP contribution in [0, 0.1) is 6.92 Å². The van der Waals surface area contributed by atoms with Gasteiger partial charge < -0.3 is 19.5 Å². The van der Waals surface area contributed by atoms with Crippen LogP contribution in [-0.4, -0.2) is 26.7 Å². The number of rotatable bonds is 8. The Hall–Kier alpha value is -2.69. The molecule has 0 aromatic heterocycles. The molecule has 1 atom stereocenters. The van der Waals surface area contributed by atoms with Gasteiger partial charge >= 0.3 is 0 Å². The number of aryl methyl sites for hydroxylation is 1. The summed E-state index contributed by atoms with van der Waals surface area (Å²) in [6.45, 7) is 3.95. The fourth-order valence-corrected chi connectivity index (χ4v) is 2.59. The molecule has 0 saturated carbocycles. The Kier molecular flexibility index (Phi) is 6.69. The Labute approximate surface area is 148 Å². The van der Waals surface area contributed by atoms with Gasteiger partial charge in [-0.25, -0.2) is 0 Å². The van der Waals surface area contributed by atoms with Crippen molar-refractivity contribution < 1.29 is 19.0 Å². The van der Waals surface area contributed by atoms with Crippen LogP contribution in [0.5, 0.6) is 17.2 Å². The highest BCUT2D eigenvalue weighted by atomic mass is 16.5. The molecular weight excluding hydrogens is 318 g/mol. The summed E-state index contributed by atoms with van der Waals surface area (Å²) in [5.74, 6) is 1.86. The number of benzene rings is 2. The standard InChI is InChI=1S/C20H25NO4/c1-5-16(15-10-11-18(23-3)19(12-15)24-4)21-20(22)13-25-17-9-7-6-8-14(17)2/h6-12,16H,5,13H2,1-4H3,(H,21,22). The first kappa shape index (κ1) is 18.6. The number of carbonyl (C=O) groups is 1. The van der Waals surface area contributed by atoms with Crippen molar-refractivity contribution in [3.63, 3.8) is 0 Å². The van der Waals surface area contributed by atoms with Crippen molar-refractivity contribution in [3.05, 3.63) is 53.6 Å². The highest BCUT2D eigenvalue weighted by molar-refractivity contribution is 5.78. The molecule has 2 aromatic carbocycles. The van der Waals surface area contributed by atoms with Crippen LogP contribution in [0.25, 0.3) is 0 Å². The summed E-state index contributed by atoms with van der Waals surface area (Å²) in [5.41, 5.74) is 1.96. The summed E-state index contributed by atoms with van der Waals surface area (Å²) < 4.78 is 16.2. The summed E-state index contributed by atoms with van der Waals surface area (Å²) in [7, 11) is 3.19. The molecule has 5 heteroatoms. The summed E-state index contributed by atoms with van der Waals surface area (Å²) in [6.07, 6.45) is 0.756. The molecule has 2 aromatic rings. The van der Waals surface area contributed by atoms with E-state index in [0.29, 0.717) is 11.5 Å². The van der Waals surface area contributed by atoms with E-state index in [0.717, 1.165) is 23.3 Å². The Balaban J connectivity index is 2.01. The number of para-hydroxylation sites is 1. The molecule has 0 spiro atoms. The lowest BCUT2D eigenvalue weighted by Crippen LogP contribution is -2.32. The number of methoxy groups -OCH3 is 2. The lowest BCUT2D eigenvalue weighted by Gasteiger charge is -2.19. The number of carbonyl (C=O) groups excluding carboxylic acids is 1. The molecule has 1 amide bonds. The van der Waals surface area contributed by atoms with Gasteiger partial charge in [0.1, 0.15) is 5.75 Å². The lowest BCUT2D eigenvalue weighted by atomic mass is 10.0. The number of hydrogen-bond acceptors (Lipinski definition) is 4. The maximum atomic E-state index is 12.3. The summed E-state index contributed by atoms with van der Waals surface area (Å²) in [6, 6.07) is 13.2. The first-order valence-electron chi connectivity index (χ1n) is 8.28. The highest BCUT2D eigenvalue weighted by Gasteiger charge is 2.16. The first-order chi connectivity index (χ1) is 12.1. The Morgan fingerprint density at radius 1 is 1.04 bits per heavy atom. The van der Waals surface area contributed by atoms with E-state index in [-0.39, 0.29) is 18.6 Å². The zero-order valence-electron chi connectivity index (χ0n) is 15.2. The van der Waals surface area contributed by atoms with Crippen molar-refractivity contribution in [2.75, 3.05) is 20.8 Å². The molecule has 5 nitrogen and oxygen atoms in total. The van der Waals surface area contributed by atoms with E-state index in [2.05, 4.69) is 5.32 Å². The molecule has 0 aliphatic rings. The van der Waals surface area contributed by atoms with Gasteiger partial charge in [0, 0.05) is 0 Å². The smallest absolute Gasteiger partial charge is 0.258 e. The van der Waals surface area contributed by atoms with Crippen molar-refractivity contribution in [1.29, 1.82) is 0 Å². The van der Waals surface area contributed by atoms with Crippen molar-refractivity contribution >= 4 is 5.91 Å². The quantitative estimate of drug-likeness (QED) is 0.795. The maximum Gasteiger partial charge on any atom is 0.258 e. The molecule has 25 heavy (non-hydrogen) atoms. The van der Waals surface area contributed by atoms with E-state index < -0.39 is 0 Å². The van der Waals surface area contributed by atoms with Gasteiger partial charge in [0.05, 0.1) is 20.3 Å². The fraction of sp³-hybridized carbons (Fsp3) is 0.350. The molecule has 0 heterocycles. The first-order valence-corrected chi connectivity index (χ1v) is 8.28. The molecule has 0 aliphatic carbocycles. The SMILES string of the molecule is CCC(NC(=O)COc1ccccc1C)c1ccc(OC)c(OC)c1. The monoisotopic (exact) mass is 343 g/mol. The molecule has 2 rings (SSSR count). The van der Waals surface area contributed by atoms with Crippen LogP contribution < -0.4 is 19.5 Å². The zero-order chi connectivity index (χ0) is 18.2. The van der Waals surface area contributed by atoms with Crippen LogP contribution in [0.2, 0.25) is 0 Å². The van der Waals surface area contributed by atoms with Crippen molar-refractivity contribution in [1.82, 2.24) is 5.32 Å². The number of amides is 1. The molecule has 0 fully saturated rings. The van der Waals surface area contributed by atoms with Crippen LogP contribution in [0.1, 0.15) is 30.5 Å². The summed E-state index contributed by atoms with van der Waals surface area (Å²) in [5, 5.41) is 3.00. The van der Waals surface area contributed by atoms with Crippen molar-refractivity contribution in [2.24, 2.45) is 0 Å². The van der Waals surface area contributed by atoms with E-state index in [4.69, 9.17) is 14.2 Å². The van der Waals surface area contributed by atoms with Gasteiger partial charge in [-0.1, -0.05) is 31.2 Å². The molecule has 0 aliphatic heterocycles.